The lowest BCUT2D eigenvalue weighted by atomic mass is 10.1. The molecule has 6 nitrogen and oxygen atoms in total. The number of piperazine rings is 1. The maximum Gasteiger partial charge on any atom is 0.228 e. The van der Waals surface area contributed by atoms with Crippen molar-refractivity contribution in [3.8, 4) is 0 Å². The van der Waals surface area contributed by atoms with Gasteiger partial charge < -0.3 is 15.1 Å². The first kappa shape index (κ1) is 17.5. The highest BCUT2D eigenvalue weighted by Gasteiger charge is 2.33. The van der Waals surface area contributed by atoms with Gasteiger partial charge in [0.15, 0.2) is 9.84 Å². The molecule has 1 aromatic rings. The second-order valence-corrected chi connectivity index (χ2v) is 9.21. The average molecular weight is 372 g/mol. The molecule has 1 amide bonds. The molecule has 8 heteroatoms. The molecule has 0 aliphatic carbocycles. The van der Waals surface area contributed by atoms with E-state index in [0.717, 1.165) is 31.9 Å². The Morgan fingerprint density at radius 2 is 1.96 bits per heavy atom. The van der Waals surface area contributed by atoms with Crippen molar-refractivity contribution in [3.05, 3.63) is 23.2 Å². The van der Waals surface area contributed by atoms with Gasteiger partial charge in [-0.15, -0.1) is 0 Å². The van der Waals surface area contributed by atoms with Crippen molar-refractivity contribution < 1.29 is 13.2 Å². The molecule has 1 aromatic carbocycles. The minimum atomic E-state index is -3.08. The summed E-state index contributed by atoms with van der Waals surface area (Å²) in [5, 5.41) is 3.44. The van der Waals surface area contributed by atoms with Crippen LogP contribution in [0.4, 0.5) is 11.4 Å². The molecule has 1 N–H and O–H groups in total. The molecule has 2 heterocycles. The van der Waals surface area contributed by atoms with Crippen molar-refractivity contribution in [2.45, 2.75) is 6.42 Å². The molecule has 2 fully saturated rings. The van der Waals surface area contributed by atoms with Crippen LogP contribution in [0.1, 0.15) is 6.42 Å². The van der Waals surface area contributed by atoms with Gasteiger partial charge in [-0.05, 0) is 31.7 Å². The van der Waals surface area contributed by atoms with Gasteiger partial charge in [0, 0.05) is 31.2 Å². The quantitative estimate of drug-likeness (QED) is 0.871. The van der Waals surface area contributed by atoms with Gasteiger partial charge in [-0.1, -0.05) is 11.6 Å². The molecule has 2 aliphatic heterocycles. The van der Waals surface area contributed by atoms with E-state index in [0.29, 0.717) is 17.1 Å². The highest BCUT2D eigenvalue weighted by Crippen LogP contribution is 2.31. The van der Waals surface area contributed by atoms with Crippen LogP contribution in [0.25, 0.3) is 0 Å². The van der Waals surface area contributed by atoms with Crippen molar-refractivity contribution in [3.63, 3.8) is 0 Å². The zero-order valence-electron chi connectivity index (χ0n) is 13.7. The van der Waals surface area contributed by atoms with Gasteiger partial charge in [0.05, 0.1) is 28.8 Å². The van der Waals surface area contributed by atoms with Crippen molar-refractivity contribution in [2.24, 2.45) is 5.92 Å². The molecule has 1 atom stereocenters. The normalized spacial score (nSPS) is 24.1. The van der Waals surface area contributed by atoms with E-state index in [1.807, 2.05) is 12.1 Å². The van der Waals surface area contributed by atoms with Crippen LogP contribution in [0.5, 0.6) is 0 Å². The lowest BCUT2D eigenvalue weighted by Crippen LogP contribution is -2.44. The van der Waals surface area contributed by atoms with Gasteiger partial charge in [-0.3, -0.25) is 4.79 Å². The van der Waals surface area contributed by atoms with Crippen molar-refractivity contribution in [1.29, 1.82) is 0 Å². The van der Waals surface area contributed by atoms with Crippen LogP contribution < -0.4 is 10.2 Å². The Morgan fingerprint density at radius 3 is 2.58 bits per heavy atom. The number of amides is 1. The van der Waals surface area contributed by atoms with Crippen molar-refractivity contribution in [2.75, 3.05) is 54.9 Å². The Morgan fingerprint density at radius 1 is 1.25 bits per heavy atom. The molecule has 3 rings (SSSR count). The third-order valence-electron chi connectivity index (χ3n) is 4.66. The van der Waals surface area contributed by atoms with Crippen molar-refractivity contribution in [1.82, 2.24) is 4.90 Å². The molecule has 0 bridgehead atoms. The van der Waals surface area contributed by atoms with Gasteiger partial charge in [0.2, 0.25) is 5.91 Å². The number of carbonyl (C=O) groups is 1. The molecular formula is C16H22ClN3O3S. The minimum absolute atomic E-state index is 0.0662. The van der Waals surface area contributed by atoms with Crippen molar-refractivity contribution >= 4 is 38.7 Å². The molecule has 24 heavy (non-hydrogen) atoms. The van der Waals surface area contributed by atoms with E-state index in [-0.39, 0.29) is 17.4 Å². The van der Waals surface area contributed by atoms with Gasteiger partial charge in [-0.25, -0.2) is 8.42 Å². The SMILES string of the molecule is CN1CCN(c2ccc(Cl)cc2NC(=O)C2CCS(=O)(=O)C2)CC1. The van der Waals surface area contributed by atoms with E-state index in [9.17, 15) is 13.2 Å². The third kappa shape index (κ3) is 4.02. The van der Waals surface area contributed by atoms with Gasteiger partial charge >= 0.3 is 0 Å². The number of hydrogen-bond acceptors (Lipinski definition) is 5. The molecule has 132 valence electrons. The van der Waals surface area contributed by atoms with E-state index in [1.54, 1.807) is 6.07 Å². The van der Waals surface area contributed by atoms with Gasteiger partial charge in [0.1, 0.15) is 0 Å². The number of benzene rings is 1. The summed E-state index contributed by atoms with van der Waals surface area (Å²) in [7, 11) is -0.995. The summed E-state index contributed by atoms with van der Waals surface area (Å²) in [5.41, 5.74) is 1.59. The molecule has 2 aliphatic rings. The summed E-state index contributed by atoms with van der Waals surface area (Å²) in [6.45, 7) is 3.66. The number of nitrogens with zero attached hydrogens (tertiary/aromatic N) is 2. The molecule has 1 unspecified atom stereocenters. The molecular weight excluding hydrogens is 350 g/mol. The molecule has 0 aromatic heterocycles. The van der Waals surface area contributed by atoms with Crippen LogP contribution in [-0.2, 0) is 14.6 Å². The summed E-state index contributed by atoms with van der Waals surface area (Å²) >= 11 is 6.09. The number of rotatable bonds is 3. The van der Waals surface area contributed by atoms with E-state index < -0.39 is 15.8 Å². The van der Waals surface area contributed by atoms with Crippen LogP contribution in [0, 0.1) is 5.92 Å². The number of anilines is 2. The van der Waals surface area contributed by atoms with Gasteiger partial charge in [-0.2, -0.15) is 0 Å². The third-order valence-corrected chi connectivity index (χ3v) is 6.67. The van der Waals surface area contributed by atoms with E-state index >= 15 is 0 Å². The molecule has 0 radical (unpaired) electrons. The fraction of sp³-hybridized carbons (Fsp3) is 0.562. The number of halogens is 1. The van der Waals surface area contributed by atoms with Crippen LogP contribution in [0.2, 0.25) is 5.02 Å². The molecule has 2 saturated heterocycles. The fourth-order valence-electron chi connectivity index (χ4n) is 3.17. The maximum absolute atomic E-state index is 12.5. The number of nitrogens with one attached hydrogen (secondary N) is 1. The standard InChI is InChI=1S/C16H22ClN3O3S/c1-19-5-7-20(8-6-19)15-3-2-13(17)10-14(15)18-16(21)12-4-9-24(22,23)11-12/h2-3,10,12H,4-9,11H2,1H3,(H,18,21). The van der Waals surface area contributed by atoms with E-state index in [2.05, 4.69) is 22.2 Å². The summed E-state index contributed by atoms with van der Waals surface area (Å²) < 4.78 is 23.2. The largest absolute Gasteiger partial charge is 0.367 e. The highest BCUT2D eigenvalue weighted by atomic mass is 35.5. The number of likely N-dealkylation sites (N-methyl/N-ethyl adjacent to an activating group) is 1. The fourth-order valence-corrected chi connectivity index (χ4v) is 5.08. The van der Waals surface area contributed by atoms with Crippen LogP contribution in [0.15, 0.2) is 18.2 Å². The summed E-state index contributed by atoms with van der Waals surface area (Å²) in [5.74, 6) is -0.696. The summed E-state index contributed by atoms with van der Waals surface area (Å²) in [4.78, 5) is 16.9. The van der Waals surface area contributed by atoms with Gasteiger partial charge in [0.25, 0.3) is 0 Å². The lowest BCUT2D eigenvalue weighted by molar-refractivity contribution is -0.119. The molecule has 0 spiro atoms. The van der Waals surface area contributed by atoms with E-state index in [4.69, 9.17) is 11.6 Å². The number of sulfone groups is 1. The zero-order chi connectivity index (χ0) is 17.3. The second-order valence-electron chi connectivity index (χ2n) is 6.54. The predicted molar refractivity (Wildman–Crippen MR) is 96.6 cm³/mol. The Balaban J connectivity index is 1.77. The Bertz CT molecular complexity index is 730. The zero-order valence-corrected chi connectivity index (χ0v) is 15.2. The average Bonchev–Trinajstić information content (AvgIpc) is 2.89. The topological polar surface area (TPSA) is 69.7 Å². The first-order valence-electron chi connectivity index (χ1n) is 8.08. The Labute approximate surface area is 147 Å². The summed E-state index contributed by atoms with van der Waals surface area (Å²) in [6.07, 6.45) is 0.387. The van der Waals surface area contributed by atoms with Crippen LogP contribution >= 0.6 is 11.6 Å². The lowest BCUT2D eigenvalue weighted by Gasteiger charge is -2.35. The molecule has 0 saturated carbocycles. The number of carbonyl (C=O) groups excluding carboxylic acids is 1. The summed E-state index contributed by atoms with van der Waals surface area (Å²) in [6, 6.07) is 5.45. The van der Waals surface area contributed by atoms with Crippen LogP contribution in [-0.4, -0.2) is 64.0 Å². The first-order chi connectivity index (χ1) is 11.3. The Hall–Kier alpha value is -1.31. The second kappa shape index (κ2) is 6.90. The predicted octanol–water partition coefficient (Wildman–Crippen LogP) is 1.46. The maximum atomic E-state index is 12.5. The Kier molecular flexibility index (Phi) is 5.03. The minimum Gasteiger partial charge on any atom is -0.367 e. The smallest absolute Gasteiger partial charge is 0.228 e. The monoisotopic (exact) mass is 371 g/mol. The number of hydrogen-bond donors (Lipinski definition) is 1. The van der Waals surface area contributed by atoms with Crippen LogP contribution in [0.3, 0.4) is 0 Å². The first-order valence-corrected chi connectivity index (χ1v) is 10.3. The van der Waals surface area contributed by atoms with E-state index in [1.165, 1.54) is 0 Å². The highest BCUT2D eigenvalue weighted by molar-refractivity contribution is 7.91.